The molecular weight excluding hydrogens is 588 g/mol. The fourth-order valence-corrected chi connectivity index (χ4v) is 4.43. The first kappa shape index (κ1) is 29.5. The monoisotopic (exact) mass is 608 g/mol. The van der Waals surface area contributed by atoms with Gasteiger partial charge in [-0.15, -0.1) is 18.9 Å². The largest absolute Gasteiger partial charge is 0.507 e. The fraction of sp³-hybridized carbons (Fsp3) is 0.136. The minimum Gasteiger partial charge on any atom is -0.507 e. The van der Waals surface area contributed by atoms with Crippen molar-refractivity contribution in [1.82, 2.24) is 15.0 Å². The van der Waals surface area contributed by atoms with Crippen LogP contribution in [0.5, 0.6) is 5.75 Å². The average molecular weight is 609 g/mol. The maximum absolute atomic E-state index is 10.7. The van der Waals surface area contributed by atoms with E-state index in [9.17, 15) is 5.11 Å². The molecule has 18 heteroatoms. The second kappa shape index (κ2) is 13.7. The van der Waals surface area contributed by atoms with Crippen LogP contribution in [0.1, 0.15) is 6.92 Å². The number of aromatic nitrogens is 3. The molecule has 1 aromatic heterocycles. The van der Waals surface area contributed by atoms with E-state index in [4.69, 9.17) is 27.8 Å². The standard InChI is InChI=1S/C22H21ClN8O7S2/c1-3-31(2)22-27-20(23)26-21(28-22)25-12-5-7-15(17(9-12)40-38-36-34)29-30-19-14(24)6-4-11-8-13(39-37-35-33)10-16(32)18(11)19/h4-10,32-34H,3,24H2,1-2H3,(H,25,26,27,28). The van der Waals surface area contributed by atoms with Crippen molar-refractivity contribution in [3.63, 3.8) is 0 Å². The summed E-state index contributed by atoms with van der Waals surface area (Å²) in [4.78, 5) is 15.2. The van der Waals surface area contributed by atoms with Gasteiger partial charge in [-0.25, -0.2) is 10.5 Å². The van der Waals surface area contributed by atoms with E-state index < -0.39 is 0 Å². The van der Waals surface area contributed by atoms with E-state index in [-0.39, 0.29) is 28.4 Å². The number of hydrogen-bond acceptors (Lipinski definition) is 17. The number of nitrogens with one attached hydrogen (secondary N) is 1. The molecule has 4 rings (SSSR count). The predicted octanol–water partition coefficient (Wildman–Crippen LogP) is 6.44. The van der Waals surface area contributed by atoms with Crippen LogP contribution < -0.4 is 16.0 Å². The van der Waals surface area contributed by atoms with Crippen molar-refractivity contribution in [2.45, 2.75) is 16.7 Å². The van der Waals surface area contributed by atoms with Crippen LogP contribution in [0.3, 0.4) is 0 Å². The van der Waals surface area contributed by atoms with Crippen LogP contribution in [0.25, 0.3) is 10.8 Å². The smallest absolute Gasteiger partial charge is 0.233 e. The lowest BCUT2D eigenvalue weighted by Gasteiger charge is -2.15. The van der Waals surface area contributed by atoms with Crippen LogP contribution in [-0.2, 0) is 18.7 Å². The van der Waals surface area contributed by atoms with Gasteiger partial charge in [-0.1, -0.05) is 16.1 Å². The molecule has 0 amide bonds. The van der Waals surface area contributed by atoms with Crippen molar-refractivity contribution >= 4 is 81.1 Å². The van der Waals surface area contributed by atoms with Crippen LogP contribution in [0.2, 0.25) is 5.28 Å². The third kappa shape index (κ3) is 7.16. The Morgan fingerprint density at radius 2 is 1.80 bits per heavy atom. The topological polar surface area (TPSA) is 202 Å². The predicted molar refractivity (Wildman–Crippen MR) is 149 cm³/mol. The van der Waals surface area contributed by atoms with Gasteiger partial charge in [-0.05, 0) is 60.3 Å². The van der Waals surface area contributed by atoms with Gasteiger partial charge in [0.05, 0.1) is 40.1 Å². The number of nitrogens with zero attached hydrogens (tertiary/aromatic N) is 6. The molecule has 1 heterocycles. The van der Waals surface area contributed by atoms with E-state index in [0.717, 1.165) is 0 Å². The number of phenolic OH excluding ortho intramolecular Hbond substituents is 1. The zero-order valence-corrected chi connectivity index (χ0v) is 23.1. The van der Waals surface area contributed by atoms with Gasteiger partial charge in [0.15, 0.2) is 0 Å². The summed E-state index contributed by atoms with van der Waals surface area (Å²) in [5.41, 5.74) is 7.44. The van der Waals surface area contributed by atoms with Crippen molar-refractivity contribution in [2.75, 3.05) is 29.5 Å². The van der Waals surface area contributed by atoms with Gasteiger partial charge in [0.25, 0.3) is 0 Å². The number of rotatable bonds is 12. The second-order valence-corrected chi connectivity index (χ2v) is 9.60. The maximum atomic E-state index is 10.7. The number of fused-ring (bicyclic) bond motifs is 1. The summed E-state index contributed by atoms with van der Waals surface area (Å²) >= 11 is 7.41. The number of anilines is 4. The Hall–Kier alpha value is -3.52. The normalized spacial score (nSPS) is 11.4. The van der Waals surface area contributed by atoms with Crippen molar-refractivity contribution < 1.29 is 34.4 Å². The summed E-state index contributed by atoms with van der Waals surface area (Å²) in [6.45, 7) is 2.60. The molecule has 0 aliphatic heterocycles. The molecule has 0 saturated carbocycles. The number of benzene rings is 3. The molecule has 210 valence electrons. The van der Waals surface area contributed by atoms with Crippen molar-refractivity contribution in [3.05, 3.63) is 47.7 Å². The molecule has 0 spiro atoms. The quantitative estimate of drug-likeness (QED) is 0.0386. The van der Waals surface area contributed by atoms with E-state index in [1.165, 1.54) is 6.07 Å². The Kier molecular flexibility index (Phi) is 10.1. The average Bonchev–Trinajstić information content (AvgIpc) is 2.94. The summed E-state index contributed by atoms with van der Waals surface area (Å²) in [5, 5.41) is 47.6. The zero-order valence-electron chi connectivity index (χ0n) is 20.7. The van der Waals surface area contributed by atoms with E-state index in [0.29, 0.717) is 68.5 Å². The number of nitrogen functional groups attached to an aromatic ring is 1. The number of halogens is 1. The highest BCUT2D eigenvalue weighted by atomic mass is 35.5. The van der Waals surface area contributed by atoms with Crippen LogP contribution in [0.15, 0.2) is 62.5 Å². The van der Waals surface area contributed by atoms with Crippen LogP contribution in [-0.4, -0.2) is 44.2 Å². The molecule has 40 heavy (non-hydrogen) atoms. The Morgan fingerprint density at radius 3 is 2.55 bits per heavy atom. The van der Waals surface area contributed by atoms with E-state index >= 15 is 0 Å². The summed E-state index contributed by atoms with van der Waals surface area (Å²) in [7, 11) is 1.82. The molecule has 15 nitrogen and oxygen atoms in total. The maximum Gasteiger partial charge on any atom is 0.233 e. The lowest BCUT2D eigenvalue weighted by Crippen LogP contribution is -2.19. The molecule has 0 saturated heterocycles. The second-order valence-electron chi connectivity index (χ2n) is 7.75. The molecule has 0 aliphatic carbocycles. The zero-order chi connectivity index (χ0) is 28.6. The van der Waals surface area contributed by atoms with Crippen LogP contribution in [0, 0.1) is 0 Å². The molecule has 3 aromatic carbocycles. The lowest BCUT2D eigenvalue weighted by molar-refractivity contribution is -0.432. The fourth-order valence-electron chi connectivity index (χ4n) is 3.36. The molecule has 0 radical (unpaired) electrons. The Labute approximate surface area is 240 Å². The molecule has 0 aliphatic rings. The van der Waals surface area contributed by atoms with E-state index in [1.807, 2.05) is 14.0 Å². The number of phenols is 1. The molecule has 0 unspecified atom stereocenters. The minimum absolute atomic E-state index is 0.0146. The van der Waals surface area contributed by atoms with Gasteiger partial charge in [0.2, 0.25) is 17.2 Å². The molecular formula is C22H21ClN8O7S2. The van der Waals surface area contributed by atoms with E-state index in [2.05, 4.69) is 49.2 Å². The summed E-state index contributed by atoms with van der Waals surface area (Å²) in [5.74, 6) is 0.434. The first-order valence-electron chi connectivity index (χ1n) is 11.1. The van der Waals surface area contributed by atoms with Gasteiger partial charge in [-0.3, -0.25) is 0 Å². The van der Waals surface area contributed by atoms with E-state index in [1.54, 1.807) is 41.3 Å². The number of nitrogens with two attached hydrogens (primary N) is 1. The van der Waals surface area contributed by atoms with Gasteiger partial charge in [-0.2, -0.15) is 15.0 Å². The first-order valence-corrected chi connectivity index (χ1v) is 13.0. The SMILES string of the molecule is CCN(C)c1nc(Cl)nc(Nc2ccc(N=Nc3c(N)ccc4cc(SOOO)cc(O)c34)c(SOOO)c2)n1. The van der Waals surface area contributed by atoms with Crippen LogP contribution in [0.4, 0.5) is 34.6 Å². The molecule has 6 N–H and O–H groups in total. The Bertz CT molecular complexity index is 1530. The molecule has 0 atom stereocenters. The van der Waals surface area contributed by atoms with Gasteiger partial charge >= 0.3 is 0 Å². The van der Waals surface area contributed by atoms with Crippen molar-refractivity contribution in [2.24, 2.45) is 10.2 Å². The lowest BCUT2D eigenvalue weighted by atomic mass is 10.1. The van der Waals surface area contributed by atoms with Gasteiger partial charge < -0.3 is 21.1 Å². The van der Waals surface area contributed by atoms with Crippen molar-refractivity contribution in [3.8, 4) is 5.75 Å². The Balaban J connectivity index is 1.67. The highest BCUT2D eigenvalue weighted by Crippen LogP contribution is 2.42. The summed E-state index contributed by atoms with van der Waals surface area (Å²) in [6.07, 6.45) is 0. The Morgan fingerprint density at radius 1 is 1.02 bits per heavy atom. The third-order valence-corrected chi connectivity index (χ3v) is 6.64. The number of azo groups is 1. The molecule has 4 aromatic rings. The molecule has 0 fully saturated rings. The third-order valence-electron chi connectivity index (χ3n) is 5.27. The first-order chi connectivity index (χ1) is 19.3. The van der Waals surface area contributed by atoms with Crippen LogP contribution >= 0.6 is 35.7 Å². The highest BCUT2D eigenvalue weighted by Gasteiger charge is 2.14. The number of aromatic hydroxyl groups is 1. The highest BCUT2D eigenvalue weighted by molar-refractivity contribution is 7.94. The molecule has 0 bridgehead atoms. The van der Waals surface area contributed by atoms with Gasteiger partial charge in [0, 0.05) is 24.2 Å². The van der Waals surface area contributed by atoms with Crippen molar-refractivity contribution in [1.29, 1.82) is 0 Å². The van der Waals surface area contributed by atoms with Gasteiger partial charge in [0.1, 0.15) is 17.1 Å². The number of hydrogen-bond donors (Lipinski definition) is 5. The summed E-state index contributed by atoms with van der Waals surface area (Å²) < 4.78 is 9.06. The summed E-state index contributed by atoms with van der Waals surface area (Å²) in [6, 6.07) is 11.2. The minimum atomic E-state index is -0.155.